The summed E-state index contributed by atoms with van der Waals surface area (Å²) in [5, 5.41) is 8.18. The summed E-state index contributed by atoms with van der Waals surface area (Å²) >= 11 is 0. The highest BCUT2D eigenvalue weighted by Gasteiger charge is 2.17. The molecular weight excluding hydrogens is 214 g/mol. The molecule has 0 aliphatic carbocycles. The van der Waals surface area contributed by atoms with Crippen molar-refractivity contribution in [3.8, 4) is 0 Å². The second-order valence-electron chi connectivity index (χ2n) is 6.01. The number of hydrogen-bond acceptors (Lipinski definition) is 3. The van der Waals surface area contributed by atoms with Crippen LogP contribution in [0.25, 0.3) is 0 Å². The van der Waals surface area contributed by atoms with Gasteiger partial charge in [0.2, 0.25) is 0 Å². The molecule has 17 heavy (non-hydrogen) atoms. The first kappa shape index (κ1) is 14.2. The average molecular weight is 239 g/mol. The van der Waals surface area contributed by atoms with Gasteiger partial charge in [-0.3, -0.25) is 0 Å². The van der Waals surface area contributed by atoms with E-state index in [1.165, 1.54) is 6.42 Å². The summed E-state index contributed by atoms with van der Waals surface area (Å²) in [5.41, 5.74) is 0.372. The molecule has 0 bridgehead atoms. The number of ether oxygens (including phenoxy) is 1. The van der Waals surface area contributed by atoms with Crippen LogP contribution in [0.2, 0.25) is 0 Å². The van der Waals surface area contributed by atoms with Crippen molar-refractivity contribution in [2.45, 2.75) is 47.1 Å². The predicted molar refractivity (Wildman–Crippen MR) is 68.8 cm³/mol. The molecule has 0 N–H and O–H groups in total. The van der Waals surface area contributed by atoms with Crippen molar-refractivity contribution in [3.63, 3.8) is 0 Å². The van der Waals surface area contributed by atoms with E-state index in [4.69, 9.17) is 4.74 Å². The molecule has 0 saturated heterocycles. The van der Waals surface area contributed by atoms with Crippen molar-refractivity contribution < 1.29 is 4.74 Å². The lowest BCUT2D eigenvalue weighted by Gasteiger charge is -2.23. The van der Waals surface area contributed by atoms with E-state index in [2.05, 4.69) is 42.5 Å². The van der Waals surface area contributed by atoms with E-state index in [-0.39, 0.29) is 0 Å². The SMILES string of the molecule is COCCn1cnnc1CC(C)CC(C)(C)C. The van der Waals surface area contributed by atoms with E-state index in [0.717, 1.165) is 18.8 Å². The van der Waals surface area contributed by atoms with Crippen LogP contribution in [0.1, 0.15) is 39.9 Å². The number of nitrogens with zero attached hydrogens (tertiary/aromatic N) is 3. The van der Waals surface area contributed by atoms with Crippen LogP contribution < -0.4 is 0 Å². The van der Waals surface area contributed by atoms with Gasteiger partial charge < -0.3 is 9.30 Å². The van der Waals surface area contributed by atoms with Crippen molar-refractivity contribution in [1.29, 1.82) is 0 Å². The van der Waals surface area contributed by atoms with Crippen LogP contribution in [-0.2, 0) is 17.7 Å². The predicted octanol–water partition coefficient (Wildman–Crippen LogP) is 2.54. The summed E-state index contributed by atoms with van der Waals surface area (Å²) in [4.78, 5) is 0. The molecule has 0 fully saturated rings. The molecule has 1 rings (SSSR count). The quantitative estimate of drug-likeness (QED) is 0.766. The second-order valence-corrected chi connectivity index (χ2v) is 6.01. The fourth-order valence-electron chi connectivity index (χ4n) is 2.24. The summed E-state index contributed by atoms with van der Waals surface area (Å²) < 4.78 is 7.17. The highest BCUT2D eigenvalue weighted by molar-refractivity contribution is 4.88. The van der Waals surface area contributed by atoms with Gasteiger partial charge in [0.1, 0.15) is 12.2 Å². The zero-order valence-corrected chi connectivity index (χ0v) is 11.7. The minimum Gasteiger partial charge on any atom is -0.383 e. The summed E-state index contributed by atoms with van der Waals surface area (Å²) in [6.07, 6.45) is 3.98. The third-order valence-corrected chi connectivity index (χ3v) is 2.72. The minimum atomic E-state index is 0.372. The Labute approximate surface area is 104 Å². The van der Waals surface area contributed by atoms with E-state index in [9.17, 15) is 0 Å². The molecule has 0 aliphatic rings. The first-order valence-electron chi connectivity index (χ1n) is 6.28. The van der Waals surface area contributed by atoms with Gasteiger partial charge in [-0.05, 0) is 17.8 Å². The van der Waals surface area contributed by atoms with Gasteiger partial charge in [0, 0.05) is 20.1 Å². The van der Waals surface area contributed by atoms with Gasteiger partial charge in [-0.15, -0.1) is 10.2 Å². The molecule has 1 heterocycles. The van der Waals surface area contributed by atoms with Gasteiger partial charge in [0.05, 0.1) is 6.61 Å². The molecule has 0 aliphatic heterocycles. The Morgan fingerprint density at radius 3 is 2.71 bits per heavy atom. The van der Waals surface area contributed by atoms with Crippen molar-refractivity contribution in [2.75, 3.05) is 13.7 Å². The molecule has 1 unspecified atom stereocenters. The lowest BCUT2D eigenvalue weighted by molar-refractivity contribution is 0.185. The van der Waals surface area contributed by atoms with Gasteiger partial charge in [-0.2, -0.15) is 0 Å². The summed E-state index contributed by atoms with van der Waals surface area (Å²) in [6, 6.07) is 0. The van der Waals surface area contributed by atoms with Crippen LogP contribution in [-0.4, -0.2) is 28.5 Å². The molecule has 4 heteroatoms. The van der Waals surface area contributed by atoms with Crippen LogP contribution >= 0.6 is 0 Å². The largest absolute Gasteiger partial charge is 0.383 e. The zero-order valence-electron chi connectivity index (χ0n) is 11.7. The summed E-state index contributed by atoms with van der Waals surface area (Å²) in [6.45, 7) is 10.7. The maximum Gasteiger partial charge on any atom is 0.133 e. The van der Waals surface area contributed by atoms with Crippen LogP contribution in [0.3, 0.4) is 0 Å². The van der Waals surface area contributed by atoms with Crippen molar-refractivity contribution in [2.24, 2.45) is 11.3 Å². The molecular formula is C13H25N3O. The number of aromatic nitrogens is 3. The highest BCUT2D eigenvalue weighted by Crippen LogP contribution is 2.25. The summed E-state index contributed by atoms with van der Waals surface area (Å²) in [5.74, 6) is 1.69. The molecule has 0 spiro atoms. The zero-order chi connectivity index (χ0) is 12.9. The molecule has 1 atom stereocenters. The molecule has 0 saturated carbocycles. The molecule has 0 aromatic carbocycles. The van der Waals surface area contributed by atoms with E-state index in [1.807, 2.05) is 0 Å². The van der Waals surface area contributed by atoms with Crippen LogP contribution in [0.4, 0.5) is 0 Å². The Bertz CT molecular complexity index is 328. The standard InChI is InChI=1S/C13H25N3O/c1-11(9-13(2,3)4)8-12-15-14-10-16(12)6-7-17-5/h10-11H,6-9H2,1-5H3. The molecule has 0 radical (unpaired) electrons. The lowest BCUT2D eigenvalue weighted by Crippen LogP contribution is -2.16. The number of hydrogen-bond donors (Lipinski definition) is 0. The third-order valence-electron chi connectivity index (χ3n) is 2.72. The Morgan fingerprint density at radius 1 is 1.41 bits per heavy atom. The van der Waals surface area contributed by atoms with Gasteiger partial charge >= 0.3 is 0 Å². The van der Waals surface area contributed by atoms with Gasteiger partial charge in [0.15, 0.2) is 0 Å². The lowest BCUT2D eigenvalue weighted by atomic mass is 9.84. The molecule has 0 amide bonds. The fourth-order valence-corrected chi connectivity index (χ4v) is 2.24. The van der Waals surface area contributed by atoms with E-state index < -0.39 is 0 Å². The van der Waals surface area contributed by atoms with E-state index in [0.29, 0.717) is 17.9 Å². The van der Waals surface area contributed by atoms with E-state index >= 15 is 0 Å². The maximum atomic E-state index is 5.08. The first-order valence-corrected chi connectivity index (χ1v) is 6.28. The normalized spacial score (nSPS) is 13.9. The maximum absolute atomic E-state index is 5.08. The first-order chi connectivity index (χ1) is 7.92. The summed E-state index contributed by atoms with van der Waals surface area (Å²) in [7, 11) is 1.71. The number of rotatable bonds is 6. The molecule has 4 nitrogen and oxygen atoms in total. The second kappa shape index (κ2) is 6.15. The smallest absolute Gasteiger partial charge is 0.133 e. The molecule has 1 aromatic heterocycles. The Hall–Kier alpha value is -0.900. The van der Waals surface area contributed by atoms with Crippen LogP contribution in [0.5, 0.6) is 0 Å². The minimum absolute atomic E-state index is 0.372. The Morgan fingerprint density at radius 2 is 2.12 bits per heavy atom. The van der Waals surface area contributed by atoms with Crippen LogP contribution in [0, 0.1) is 11.3 Å². The number of methoxy groups -OCH3 is 1. The highest BCUT2D eigenvalue weighted by atomic mass is 16.5. The van der Waals surface area contributed by atoms with Gasteiger partial charge in [-0.1, -0.05) is 27.7 Å². The Balaban J connectivity index is 2.53. The molecule has 1 aromatic rings. The van der Waals surface area contributed by atoms with Crippen molar-refractivity contribution in [3.05, 3.63) is 12.2 Å². The monoisotopic (exact) mass is 239 g/mol. The van der Waals surface area contributed by atoms with Crippen molar-refractivity contribution >= 4 is 0 Å². The van der Waals surface area contributed by atoms with Gasteiger partial charge in [-0.25, -0.2) is 0 Å². The fraction of sp³-hybridized carbons (Fsp3) is 0.846. The molecule has 98 valence electrons. The third kappa shape index (κ3) is 5.31. The van der Waals surface area contributed by atoms with E-state index in [1.54, 1.807) is 13.4 Å². The van der Waals surface area contributed by atoms with Crippen LogP contribution in [0.15, 0.2) is 6.33 Å². The average Bonchev–Trinajstić information content (AvgIpc) is 2.59. The Kier molecular flexibility index (Phi) is 5.12. The van der Waals surface area contributed by atoms with Gasteiger partial charge in [0.25, 0.3) is 0 Å². The topological polar surface area (TPSA) is 39.9 Å². The van der Waals surface area contributed by atoms with Crippen molar-refractivity contribution in [1.82, 2.24) is 14.8 Å².